The summed E-state index contributed by atoms with van der Waals surface area (Å²) >= 11 is 3.24. The first-order chi connectivity index (χ1) is 8.31. The summed E-state index contributed by atoms with van der Waals surface area (Å²) in [5.41, 5.74) is 0.297. The van der Waals surface area contributed by atoms with Crippen LogP contribution in [0.15, 0.2) is 27.6 Å². The van der Waals surface area contributed by atoms with Crippen LogP contribution in [0.1, 0.15) is 24.2 Å². The minimum atomic E-state index is -3.81. The first-order valence-corrected chi connectivity index (χ1v) is 7.76. The molecule has 0 atom stereocenters. The number of hydrogen-bond donors (Lipinski definition) is 1. The molecule has 1 aromatic carbocycles. The first kappa shape index (κ1) is 15.1. The minimum absolute atomic E-state index is 0.0683. The van der Waals surface area contributed by atoms with Crippen LogP contribution in [0.3, 0.4) is 0 Å². The fourth-order valence-corrected chi connectivity index (χ4v) is 2.48. The predicted molar refractivity (Wildman–Crippen MR) is 72.8 cm³/mol. The van der Waals surface area contributed by atoms with Gasteiger partial charge in [-0.1, -0.05) is 0 Å². The van der Waals surface area contributed by atoms with Crippen LogP contribution < -0.4 is 5.14 Å². The monoisotopic (exact) mass is 334 g/mol. The molecule has 0 bridgehead atoms. The SMILES string of the molecule is CCN(CC)C(=O)c1cc(S(N)(=O)=O)ccc1Br. The van der Waals surface area contributed by atoms with Crippen LogP contribution in [0.5, 0.6) is 0 Å². The van der Waals surface area contributed by atoms with E-state index in [0.717, 1.165) is 0 Å². The van der Waals surface area contributed by atoms with Gasteiger partial charge in [0.25, 0.3) is 5.91 Å². The fraction of sp³-hybridized carbons (Fsp3) is 0.364. The van der Waals surface area contributed by atoms with Crippen molar-refractivity contribution in [3.63, 3.8) is 0 Å². The summed E-state index contributed by atoms with van der Waals surface area (Å²) in [4.78, 5) is 13.7. The average molecular weight is 335 g/mol. The molecule has 0 aliphatic carbocycles. The Bertz CT molecular complexity index is 553. The summed E-state index contributed by atoms with van der Waals surface area (Å²) in [5, 5.41) is 5.05. The van der Waals surface area contributed by atoms with Crippen molar-refractivity contribution in [2.75, 3.05) is 13.1 Å². The number of nitrogens with two attached hydrogens (primary N) is 1. The Morgan fingerprint density at radius 3 is 2.33 bits per heavy atom. The van der Waals surface area contributed by atoms with Crippen LogP contribution in [0, 0.1) is 0 Å². The Balaban J connectivity index is 3.28. The molecule has 0 heterocycles. The van der Waals surface area contributed by atoms with E-state index in [9.17, 15) is 13.2 Å². The van der Waals surface area contributed by atoms with Gasteiger partial charge in [0, 0.05) is 17.6 Å². The zero-order valence-corrected chi connectivity index (χ0v) is 12.6. The normalized spacial score (nSPS) is 11.3. The van der Waals surface area contributed by atoms with Crippen molar-refractivity contribution in [2.24, 2.45) is 5.14 Å². The number of halogens is 1. The lowest BCUT2D eigenvalue weighted by molar-refractivity contribution is 0.0772. The number of rotatable bonds is 4. The van der Waals surface area contributed by atoms with E-state index in [2.05, 4.69) is 15.9 Å². The van der Waals surface area contributed by atoms with Crippen LogP contribution in [0.2, 0.25) is 0 Å². The van der Waals surface area contributed by atoms with Crippen molar-refractivity contribution in [3.8, 4) is 0 Å². The Morgan fingerprint density at radius 1 is 1.33 bits per heavy atom. The summed E-state index contributed by atoms with van der Waals surface area (Å²) in [6, 6.07) is 4.16. The molecular weight excluding hydrogens is 320 g/mol. The lowest BCUT2D eigenvalue weighted by atomic mass is 10.2. The molecule has 7 heteroatoms. The van der Waals surface area contributed by atoms with Gasteiger partial charge in [-0.25, -0.2) is 13.6 Å². The van der Waals surface area contributed by atoms with Gasteiger partial charge in [-0.2, -0.15) is 0 Å². The zero-order valence-electron chi connectivity index (χ0n) is 10.2. The lowest BCUT2D eigenvalue weighted by Crippen LogP contribution is -2.31. The number of carbonyl (C=O) groups excluding carboxylic acids is 1. The van der Waals surface area contributed by atoms with Gasteiger partial charge >= 0.3 is 0 Å². The third-order valence-electron chi connectivity index (χ3n) is 2.55. The van der Waals surface area contributed by atoms with Gasteiger partial charge in [-0.3, -0.25) is 4.79 Å². The van der Waals surface area contributed by atoms with Crippen molar-refractivity contribution in [1.29, 1.82) is 0 Å². The second-order valence-corrected chi connectivity index (χ2v) is 6.08. The van der Waals surface area contributed by atoms with Crippen LogP contribution in [0.25, 0.3) is 0 Å². The van der Waals surface area contributed by atoms with Crippen molar-refractivity contribution in [1.82, 2.24) is 4.90 Å². The van der Waals surface area contributed by atoms with E-state index in [4.69, 9.17) is 5.14 Å². The number of primary sulfonamides is 1. The average Bonchev–Trinajstić information content (AvgIpc) is 2.29. The van der Waals surface area contributed by atoms with Gasteiger partial charge in [0.1, 0.15) is 0 Å². The molecule has 100 valence electrons. The number of amides is 1. The molecule has 0 aliphatic heterocycles. The molecule has 0 radical (unpaired) electrons. The van der Waals surface area contributed by atoms with E-state index < -0.39 is 10.0 Å². The summed E-state index contributed by atoms with van der Waals surface area (Å²) in [5.74, 6) is -0.225. The van der Waals surface area contributed by atoms with Gasteiger partial charge < -0.3 is 4.90 Å². The highest BCUT2D eigenvalue weighted by Gasteiger charge is 2.18. The molecule has 1 amide bonds. The summed E-state index contributed by atoms with van der Waals surface area (Å²) < 4.78 is 23.1. The van der Waals surface area contributed by atoms with E-state index in [0.29, 0.717) is 23.1 Å². The van der Waals surface area contributed by atoms with Gasteiger partial charge in [0.15, 0.2) is 0 Å². The maximum Gasteiger partial charge on any atom is 0.255 e. The van der Waals surface area contributed by atoms with Gasteiger partial charge in [-0.15, -0.1) is 0 Å². The minimum Gasteiger partial charge on any atom is -0.339 e. The molecule has 5 nitrogen and oxygen atoms in total. The highest BCUT2D eigenvalue weighted by molar-refractivity contribution is 9.10. The number of nitrogens with zero attached hydrogens (tertiary/aromatic N) is 1. The zero-order chi connectivity index (χ0) is 13.9. The molecule has 18 heavy (non-hydrogen) atoms. The van der Waals surface area contributed by atoms with E-state index >= 15 is 0 Å². The molecule has 1 rings (SSSR count). The lowest BCUT2D eigenvalue weighted by Gasteiger charge is -2.19. The second-order valence-electron chi connectivity index (χ2n) is 3.66. The quantitative estimate of drug-likeness (QED) is 0.907. The van der Waals surface area contributed by atoms with Crippen LogP contribution in [-0.4, -0.2) is 32.3 Å². The van der Waals surface area contributed by atoms with Crippen molar-refractivity contribution in [3.05, 3.63) is 28.2 Å². The molecular formula is C11H15BrN2O3S. The molecule has 0 fully saturated rings. The summed E-state index contributed by atoms with van der Waals surface area (Å²) in [6.45, 7) is 4.83. The van der Waals surface area contributed by atoms with Crippen molar-refractivity contribution < 1.29 is 13.2 Å². The third kappa shape index (κ3) is 3.30. The number of hydrogen-bond acceptors (Lipinski definition) is 3. The molecule has 0 unspecified atom stereocenters. The predicted octanol–water partition coefficient (Wildman–Crippen LogP) is 1.58. The van der Waals surface area contributed by atoms with Crippen molar-refractivity contribution >= 4 is 31.9 Å². The maximum absolute atomic E-state index is 12.2. The van der Waals surface area contributed by atoms with E-state index in [1.807, 2.05) is 13.8 Å². The Hall–Kier alpha value is -0.920. The first-order valence-electron chi connectivity index (χ1n) is 5.42. The van der Waals surface area contributed by atoms with E-state index in [1.54, 1.807) is 4.90 Å². The Morgan fingerprint density at radius 2 is 1.89 bits per heavy atom. The van der Waals surface area contributed by atoms with Gasteiger partial charge in [0.2, 0.25) is 10.0 Å². The largest absolute Gasteiger partial charge is 0.339 e. The number of carbonyl (C=O) groups is 1. The van der Waals surface area contributed by atoms with E-state index in [-0.39, 0.29) is 10.8 Å². The summed E-state index contributed by atoms with van der Waals surface area (Å²) in [7, 11) is -3.81. The van der Waals surface area contributed by atoms with Crippen LogP contribution in [-0.2, 0) is 10.0 Å². The molecule has 2 N–H and O–H groups in total. The van der Waals surface area contributed by atoms with Gasteiger partial charge in [-0.05, 0) is 48.0 Å². The third-order valence-corrected chi connectivity index (χ3v) is 4.15. The molecule has 0 aromatic heterocycles. The second kappa shape index (κ2) is 5.81. The maximum atomic E-state index is 12.2. The fourth-order valence-electron chi connectivity index (χ4n) is 1.53. The molecule has 0 spiro atoms. The highest BCUT2D eigenvalue weighted by atomic mass is 79.9. The Kier molecular flexibility index (Phi) is 4.89. The number of sulfonamides is 1. The van der Waals surface area contributed by atoms with Crippen molar-refractivity contribution in [2.45, 2.75) is 18.7 Å². The topological polar surface area (TPSA) is 80.5 Å². The summed E-state index contributed by atoms with van der Waals surface area (Å²) in [6.07, 6.45) is 0. The molecule has 0 saturated carbocycles. The molecule has 1 aromatic rings. The van der Waals surface area contributed by atoms with Crippen LogP contribution in [0.4, 0.5) is 0 Å². The highest BCUT2D eigenvalue weighted by Crippen LogP contribution is 2.22. The van der Waals surface area contributed by atoms with E-state index in [1.165, 1.54) is 18.2 Å². The molecule has 0 saturated heterocycles. The van der Waals surface area contributed by atoms with Crippen LogP contribution >= 0.6 is 15.9 Å². The molecule has 0 aliphatic rings. The van der Waals surface area contributed by atoms with Gasteiger partial charge in [0.05, 0.1) is 10.5 Å². The smallest absolute Gasteiger partial charge is 0.255 e. The Labute approximate surface area is 115 Å². The number of benzene rings is 1. The standard InChI is InChI=1S/C11H15BrN2O3S/c1-3-14(4-2)11(15)9-7-8(18(13,16)17)5-6-10(9)12/h5-7H,3-4H2,1-2H3,(H2,13,16,17).